The highest BCUT2D eigenvalue weighted by Crippen LogP contribution is 2.31. The van der Waals surface area contributed by atoms with Crippen LogP contribution >= 0.6 is 15.9 Å². The topological polar surface area (TPSA) is 37.4 Å². The van der Waals surface area contributed by atoms with E-state index in [0.717, 1.165) is 4.47 Å². The molecule has 0 fully saturated rings. The Labute approximate surface area is 89.8 Å². The van der Waals surface area contributed by atoms with Crippen LogP contribution in [0.3, 0.4) is 0 Å². The van der Waals surface area contributed by atoms with Crippen molar-refractivity contribution in [3.8, 4) is 0 Å². The Hall–Kier alpha value is -1.16. The lowest BCUT2D eigenvalue weighted by Crippen LogP contribution is -2.29. The minimum Gasteiger partial charge on any atom is -0.305 e. The molecule has 72 valence electrons. The maximum atomic E-state index is 11.5. The van der Waals surface area contributed by atoms with Gasteiger partial charge in [0.2, 0.25) is 0 Å². The molecule has 0 saturated heterocycles. The summed E-state index contributed by atoms with van der Waals surface area (Å²) in [5, 5.41) is 0. The van der Waals surface area contributed by atoms with Gasteiger partial charge in [-0.2, -0.15) is 0 Å². The minimum atomic E-state index is -0.430. The van der Waals surface area contributed by atoms with E-state index in [1.807, 2.05) is 6.92 Å². The number of halogens is 1. The average molecular weight is 254 g/mol. The predicted octanol–water partition coefficient (Wildman–Crippen LogP) is 2.00. The van der Waals surface area contributed by atoms with Gasteiger partial charge < -0.3 is 4.90 Å². The number of likely N-dealkylation sites (N-methyl/N-ethyl adjacent to an activating group) is 1. The van der Waals surface area contributed by atoms with Crippen molar-refractivity contribution in [2.75, 3.05) is 11.4 Å². The fraction of sp³-hybridized carbons (Fsp3) is 0.200. The fourth-order valence-electron chi connectivity index (χ4n) is 1.58. The number of amides is 1. The summed E-state index contributed by atoms with van der Waals surface area (Å²) in [6, 6.07) is 5.24. The molecule has 1 aliphatic heterocycles. The van der Waals surface area contributed by atoms with Crippen LogP contribution in [-0.4, -0.2) is 18.2 Å². The molecule has 1 aromatic carbocycles. The molecule has 0 aromatic heterocycles. The third-order valence-corrected chi connectivity index (χ3v) is 2.74. The number of benzene rings is 1. The standard InChI is InChI=1S/C10H8BrNO2/c1-2-12-8-5-6(11)3-4-7(8)9(13)10(12)14/h3-5H,2H2,1H3. The number of ketones is 1. The first-order valence-corrected chi connectivity index (χ1v) is 5.10. The van der Waals surface area contributed by atoms with Gasteiger partial charge in [0.15, 0.2) is 0 Å². The zero-order chi connectivity index (χ0) is 10.3. The van der Waals surface area contributed by atoms with E-state index in [4.69, 9.17) is 0 Å². The Morgan fingerprint density at radius 2 is 2.07 bits per heavy atom. The van der Waals surface area contributed by atoms with Crippen LogP contribution in [0.25, 0.3) is 0 Å². The Balaban J connectivity index is 2.62. The van der Waals surface area contributed by atoms with Crippen LogP contribution in [0.15, 0.2) is 22.7 Å². The third-order valence-electron chi connectivity index (χ3n) is 2.25. The number of carbonyl (C=O) groups is 2. The molecule has 0 atom stereocenters. The van der Waals surface area contributed by atoms with Crippen LogP contribution in [0.2, 0.25) is 0 Å². The Morgan fingerprint density at radius 3 is 2.71 bits per heavy atom. The molecule has 2 rings (SSSR count). The molecular weight excluding hydrogens is 246 g/mol. The van der Waals surface area contributed by atoms with Gasteiger partial charge in [0.1, 0.15) is 0 Å². The molecule has 14 heavy (non-hydrogen) atoms. The molecule has 0 aliphatic carbocycles. The molecule has 0 bridgehead atoms. The first kappa shape index (κ1) is 9.40. The van der Waals surface area contributed by atoms with Crippen molar-refractivity contribution >= 4 is 33.3 Å². The van der Waals surface area contributed by atoms with Crippen LogP contribution in [0, 0.1) is 0 Å². The van der Waals surface area contributed by atoms with Crippen molar-refractivity contribution in [1.82, 2.24) is 0 Å². The molecule has 1 aromatic rings. The van der Waals surface area contributed by atoms with Crippen molar-refractivity contribution in [1.29, 1.82) is 0 Å². The van der Waals surface area contributed by atoms with Crippen molar-refractivity contribution in [3.05, 3.63) is 28.2 Å². The second-order valence-electron chi connectivity index (χ2n) is 3.04. The number of hydrogen-bond acceptors (Lipinski definition) is 2. The van der Waals surface area contributed by atoms with Crippen molar-refractivity contribution in [3.63, 3.8) is 0 Å². The quantitative estimate of drug-likeness (QED) is 0.719. The van der Waals surface area contributed by atoms with Gasteiger partial charge in [-0.1, -0.05) is 15.9 Å². The second kappa shape index (κ2) is 3.20. The third kappa shape index (κ3) is 1.18. The number of hydrogen-bond donors (Lipinski definition) is 0. The van der Waals surface area contributed by atoms with Crippen LogP contribution in [0.1, 0.15) is 17.3 Å². The number of anilines is 1. The largest absolute Gasteiger partial charge is 0.305 e. The van der Waals surface area contributed by atoms with Gasteiger partial charge in [-0.05, 0) is 25.1 Å². The molecule has 0 unspecified atom stereocenters. The minimum absolute atomic E-state index is 0.408. The molecule has 0 saturated carbocycles. The fourth-order valence-corrected chi connectivity index (χ4v) is 1.93. The van der Waals surface area contributed by atoms with E-state index in [1.54, 1.807) is 18.2 Å². The van der Waals surface area contributed by atoms with E-state index in [-0.39, 0.29) is 0 Å². The summed E-state index contributed by atoms with van der Waals surface area (Å²) in [6.07, 6.45) is 0. The molecule has 3 nitrogen and oxygen atoms in total. The zero-order valence-electron chi connectivity index (χ0n) is 7.58. The molecule has 1 amide bonds. The van der Waals surface area contributed by atoms with E-state index in [9.17, 15) is 9.59 Å². The van der Waals surface area contributed by atoms with E-state index < -0.39 is 11.7 Å². The van der Waals surface area contributed by atoms with Gasteiger partial charge >= 0.3 is 0 Å². The number of rotatable bonds is 1. The van der Waals surface area contributed by atoms with Gasteiger partial charge in [0, 0.05) is 11.0 Å². The monoisotopic (exact) mass is 253 g/mol. The molecule has 1 heterocycles. The average Bonchev–Trinajstić information content (AvgIpc) is 2.39. The van der Waals surface area contributed by atoms with Gasteiger partial charge in [0.25, 0.3) is 11.7 Å². The molecule has 0 N–H and O–H groups in total. The summed E-state index contributed by atoms with van der Waals surface area (Å²) in [5.74, 6) is -0.838. The lowest BCUT2D eigenvalue weighted by atomic mass is 10.1. The smallest absolute Gasteiger partial charge is 0.299 e. The van der Waals surface area contributed by atoms with Gasteiger partial charge in [-0.25, -0.2) is 0 Å². The van der Waals surface area contributed by atoms with Gasteiger partial charge in [0.05, 0.1) is 11.3 Å². The summed E-state index contributed by atoms with van der Waals surface area (Å²) in [6.45, 7) is 2.37. The Morgan fingerprint density at radius 1 is 1.36 bits per heavy atom. The molecule has 1 aliphatic rings. The van der Waals surface area contributed by atoms with Crippen LogP contribution < -0.4 is 4.90 Å². The highest BCUT2D eigenvalue weighted by Gasteiger charge is 2.34. The SMILES string of the molecule is CCN1C(=O)C(=O)c2ccc(Br)cc21. The van der Waals surface area contributed by atoms with Gasteiger partial charge in [-0.3, -0.25) is 9.59 Å². The molecule has 0 radical (unpaired) electrons. The molecule has 0 spiro atoms. The molecular formula is C10H8BrNO2. The van der Waals surface area contributed by atoms with Crippen molar-refractivity contribution in [2.45, 2.75) is 6.92 Å². The second-order valence-corrected chi connectivity index (χ2v) is 3.96. The number of nitrogens with zero attached hydrogens (tertiary/aromatic N) is 1. The normalized spacial score (nSPS) is 14.9. The Bertz CT molecular complexity index is 428. The zero-order valence-corrected chi connectivity index (χ0v) is 9.17. The lowest BCUT2D eigenvalue weighted by Gasteiger charge is -2.12. The summed E-state index contributed by atoms with van der Waals surface area (Å²) in [5.41, 5.74) is 1.21. The summed E-state index contributed by atoms with van der Waals surface area (Å²) >= 11 is 3.31. The Kier molecular flexibility index (Phi) is 2.15. The molecule has 4 heteroatoms. The van der Waals surface area contributed by atoms with Crippen molar-refractivity contribution < 1.29 is 9.59 Å². The van der Waals surface area contributed by atoms with Gasteiger partial charge in [-0.15, -0.1) is 0 Å². The summed E-state index contributed by atoms with van der Waals surface area (Å²) in [4.78, 5) is 24.4. The number of Topliss-reactive ketones (excluding diaryl/α,β-unsaturated/α-hetero) is 1. The summed E-state index contributed by atoms with van der Waals surface area (Å²) < 4.78 is 0.872. The van der Waals surface area contributed by atoms with Crippen molar-refractivity contribution in [2.24, 2.45) is 0 Å². The van der Waals surface area contributed by atoms with Crippen LogP contribution in [0.5, 0.6) is 0 Å². The number of fused-ring (bicyclic) bond motifs is 1. The highest BCUT2D eigenvalue weighted by atomic mass is 79.9. The first-order valence-electron chi connectivity index (χ1n) is 4.31. The number of carbonyl (C=O) groups excluding carboxylic acids is 2. The van der Waals surface area contributed by atoms with Crippen LogP contribution in [-0.2, 0) is 4.79 Å². The lowest BCUT2D eigenvalue weighted by molar-refractivity contribution is -0.114. The van der Waals surface area contributed by atoms with E-state index in [0.29, 0.717) is 17.8 Å². The van der Waals surface area contributed by atoms with E-state index in [1.165, 1.54) is 4.90 Å². The predicted molar refractivity (Wildman–Crippen MR) is 56.5 cm³/mol. The first-order chi connectivity index (χ1) is 6.65. The maximum Gasteiger partial charge on any atom is 0.299 e. The summed E-state index contributed by atoms with van der Waals surface area (Å²) in [7, 11) is 0. The van der Waals surface area contributed by atoms with Crippen LogP contribution in [0.4, 0.5) is 5.69 Å². The van der Waals surface area contributed by atoms with E-state index >= 15 is 0 Å². The van der Waals surface area contributed by atoms with E-state index in [2.05, 4.69) is 15.9 Å². The highest BCUT2D eigenvalue weighted by molar-refractivity contribution is 9.10. The maximum absolute atomic E-state index is 11.5.